The Morgan fingerprint density at radius 3 is 2.65 bits per heavy atom. The monoisotopic (exact) mass is 512 g/mol. The molecule has 37 heavy (non-hydrogen) atoms. The normalized spacial score (nSPS) is 25.9. The lowest BCUT2D eigenvalue weighted by atomic mass is 9.78. The maximum atomic E-state index is 14.0. The number of amides is 2. The largest absolute Gasteiger partial charge is 0.481 e. The van der Waals surface area contributed by atoms with E-state index in [1.54, 1.807) is 6.07 Å². The predicted molar refractivity (Wildman–Crippen MR) is 137 cm³/mol. The minimum absolute atomic E-state index is 0.0487. The number of hydrogen-bond donors (Lipinski definition) is 3. The molecule has 0 unspecified atom stereocenters. The fraction of sp³-hybridized carbons (Fsp3) is 0.630. The number of aromatic amines is 1. The molecule has 2 saturated heterocycles. The zero-order chi connectivity index (χ0) is 25.9. The van der Waals surface area contributed by atoms with Gasteiger partial charge in [0.25, 0.3) is 5.91 Å². The first kappa shape index (κ1) is 25.6. The highest BCUT2D eigenvalue weighted by Gasteiger charge is 2.51. The van der Waals surface area contributed by atoms with Crippen LogP contribution < -0.4 is 15.4 Å². The Bertz CT molecular complexity index is 1100. The maximum Gasteiger partial charge on any atom is 0.272 e. The van der Waals surface area contributed by atoms with Gasteiger partial charge < -0.3 is 20.3 Å². The number of likely N-dealkylation sites (tertiary alicyclic amines) is 1. The molecule has 200 valence electrons. The number of nitrogens with one attached hydrogen (secondary N) is 3. The molecule has 2 aromatic rings. The lowest BCUT2D eigenvalue weighted by molar-refractivity contribution is -0.110. The summed E-state index contributed by atoms with van der Waals surface area (Å²) in [6.45, 7) is 1.97. The van der Waals surface area contributed by atoms with Gasteiger partial charge in [-0.15, -0.1) is 0 Å². The summed E-state index contributed by atoms with van der Waals surface area (Å²) in [6.07, 6.45) is 14.8. The van der Waals surface area contributed by atoms with Crippen molar-refractivity contribution in [2.75, 3.05) is 20.2 Å². The molecule has 2 spiro atoms. The predicted octanol–water partition coefficient (Wildman–Crippen LogP) is 3.58. The third-order valence-corrected chi connectivity index (χ3v) is 8.62. The van der Waals surface area contributed by atoms with E-state index in [4.69, 9.17) is 4.74 Å². The van der Waals surface area contributed by atoms with Crippen LogP contribution in [0.25, 0.3) is 11.3 Å². The minimum atomic E-state index is -0.502. The summed E-state index contributed by atoms with van der Waals surface area (Å²) in [5.74, 6) is -0.249. The molecule has 0 bridgehead atoms. The number of aromatic nitrogens is 3. The van der Waals surface area contributed by atoms with Crippen molar-refractivity contribution < 1.29 is 18.7 Å². The standard InChI is InChI=1S/C17H19FN4O2.C10H18N2O/c1-24-15-8-11(12(18)10-19-15)13-9-14(21-20-13)16(23)22-7-3-2-4-17(22)5-6-17;13-8-11-9-2-5-10(6-3-9)4-1-7-12-10/h8-10H,2-7H2,1H3,(H,20,21);8-9,12H,1-7H2,(H,11,13). The molecule has 0 atom stereocenters. The average molecular weight is 513 g/mol. The molecular weight excluding hydrogens is 475 g/mol. The van der Waals surface area contributed by atoms with Gasteiger partial charge in [-0.2, -0.15) is 5.10 Å². The number of halogens is 1. The Labute approximate surface area is 216 Å². The average Bonchev–Trinajstić information content (AvgIpc) is 3.30. The molecule has 2 aromatic heterocycles. The van der Waals surface area contributed by atoms with Crippen molar-refractivity contribution in [1.82, 2.24) is 30.7 Å². The molecule has 4 fully saturated rings. The lowest BCUT2D eigenvalue weighted by Gasteiger charge is -2.37. The van der Waals surface area contributed by atoms with Gasteiger partial charge in [0.2, 0.25) is 12.3 Å². The molecule has 2 amide bonds. The summed E-state index contributed by atoms with van der Waals surface area (Å²) >= 11 is 0. The first-order valence-electron chi connectivity index (χ1n) is 13.5. The lowest BCUT2D eigenvalue weighted by Crippen LogP contribution is -2.46. The van der Waals surface area contributed by atoms with Gasteiger partial charge in [0.1, 0.15) is 5.69 Å². The molecule has 2 saturated carbocycles. The van der Waals surface area contributed by atoms with Crippen molar-refractivity contribution >= 4 is 12.3 Å². The summed E-state index contributed by atoms with van der Waals surface area (Å²) < 4.78 is 19.0. The van der Waals surface area contributed by atoms with Crippen molar-refractivity contribution in [2.45, 2.75) is 87.7 Å². The third kappa shape index (κ3) is 5.49. The summed E-state index contributed by atoms with van der Waals surface area (Å²) in [7, 11) is 1.47. The highest BCUT2D eigenvalue weighted by Crippen LogP contribution is 2.48. The van der Waals surface area contributed by atoms with Gasteiger partial charge >= 0.3 is 0 Å². The van der Waals surface area contributed by atoms with Crippen LogP contribution in [0.4, 0.5) is 4.39 Å². The zero-order valence-corrected chi connectivity index (χ0v) is 21.5. The number of piperidine rings is 1. The fourth-order valence-corrected chi connectivity index (χ4v) is 6.25. The van der Waals surface area contributed by atoms with Gasteiger partial charge in [0, 0.05) is 35.3 Å². The molecule has 0 radical (unpaired) electrons. The van der Waals surface area contributed by atoms with Gasteiger partial charge in [-0.05, 0) is 83.2 Å². The number of methoxy groups -OCH3 is 1. The second kappa shape index (κ2) is 10.8. The van der Waals surface area contributed by atoms with Gasteiger partial charge in [0.05, 0.1) is 19.0 Å². The number of carbonyl (C=O) groups is 2. The molecule has 9 nitrogen and oxygen atoms in total. The van der Waals surface area contributed by atoms with Crippen LogP contribution in [0, 0.1) is 5.82 Å². The second-order valence-electron chi connectivity index (χ2n) is 10.9. The smallest absolute Gasteiger partial charge is 0.272 e. The van der Waals surface area contributed by atoms with Crippen LogP contribution in [0.3, 0.4) is 0 Å². The summed E-state index contributed by atoms with van der Waals surface area (Å²) in [4.78, 5) is 28.9. The number of hydrogen-bond acceptors (Lipinski definition) is 6. The van der Waals surface area contributed by atoms with Crippen LogP contribution in [0.1, 0.15) is 81.1 Å². The number of carbonyl (C=O) groups excluding carboxylic acids is 2. The number of ether oxygens (including phenoxy) is 1. The van der Waals surface area contributed by atoms with Gasteiger partial charge in [-0.3, -0.25) is 14.7 Å². The van der Waals surface area contributed by atoms with Crippen molar-refractivity contribution in [3.8, 4) is 17.1 Å². The first-order valence-corrected chi connectivity index (χ1v) is 13.5. The number of rotatable bonds is 5. The topological polar surface area (TPSA) is 112 Å². The molecule has 0 aromatic carbocycles. The fourth-order valence-electron chi connectivity index (χ4n) is 6.25. The SMILES string of the molecule is COc1cc(-c2cc(C(=O)N3CCCCC34CC4)[nH]n2)c(F)cn1.O=CNC1CCC2(CCCN2)CC1. The van der Waals surface area contributed by atoms with Crippen LogP contribution in [0.2, 0.25) is 0 Å². The Hall–Kier alpha value is -3.01. The van der Waals surface area contributed by atoms with E-state index < -0.39 is 5.82 Å². The number of H-pyrrole nitrogens is 1. The maximum absolute atomic E-state index is 14.0. The van der Waals surface area contributed by atoms with E-state index in [1.165, 1.54) is 51.8 Å². The summed E-state index contributed by atoms with van der Waals surface area (Å²) in [6, 6.07) is 3.51. The Morgan fingerprint density at radius 1 is 1.16 bits per heavy atom. The first-order chi connectivity index (χ1) is 18.0. The highest BCUT2D eigenvalue weighted by molar-refractivity contribution is 5.94. The van der Waals surface area contributed by atoms with Gasteiger partial charge in [-0.1, -0.05) is 0 Å². The van der Waals surface area contributed by atoms with E-state index in [1.807, 2.05) is 4.90 Å². The quantitative estimate of drug-likeness (QED) is 0.528. The van der Waals surface area contributed by atoms with Crippen LogP contribution in [-0.2, 0) is 4.79 Å². The van der Waals surface area contributed by atoms with E-state index in [2.05, 4.69) is 25.8 Å². The van der Waals surface area contributed by atoms with E-state index in [9.17, 15) is 14.0 Å². The van der Waals surface area contributed by atoms with Crippen molar-refractivity contribution in [2.24, 2.45) is 0 Å². The van der Waals surface area contributed by atoms with E-state index in [0.717, 1.165) is 57.7 Å². The van der Waals surface area contributed by atoms with Crippen molar-refractivity contribution in [3.63, 3.8) is 0 Å². The second-order valence-corrected chi connectivity index (χ2v) is 10.9. The molecule has 2 aliphatic carbocycles. The summed E-state index contributed by atoms with van der Waals surface area (Å²) in [5, 5.41) is 13.4. The van der Waals surface area contributed by atoms with Crippen LogP contribution in [-0.4, -0.2) is 69.7 Å². The molecule has 3 N–H and O–H groups in total. The number of nitrogens with zero attached hydrogens (tertiary/aromatic N) is 3. The van der Waals surface area contributed by atoms with Crippen molar-refractivity contribution in [1.29, 1.82) is 0 Å². The van der Waals surface area contributed by atoms with Crippen molar-refractivity contribution in [3.05, 3.63) is 29.8 Å². The van der Waals surface area contributed by atoms with Crippen LogP contribution in [0.15, 0.2) is 18.3 Å². The summed E-state index contributed by atoms with van der Waals surface area (Å²) in [5.41, 5.74) is 1.54. The van der Waals surface area contributed by atoms with Gasteiger partial charge in [-0.25, -0.2) is 9.37 Å². The molecule has 4 heterocycles. The highest BCUT2D eigenvalue weighted by atomic mass is 19.1. The minimum Gasteiger partial charge on any atom is -0.481 e. The molecule has 10 heteroatoms. The molecule has 2 aliphatic heterocycles. The van der Waals surface area contributed by atoms with Crippen LogP contribution in [0.5, 0.6) is 5.88 Å². The number of pyridine rings is 1. The zero-order valence-electron chi connectivity index (χ0n) is 21.5. The Morgan fingerprint density at radius 2 is 1.97 bits per heavy atom. The third-order valence-electron chi connectivity index (χ3n) is 8.62. The van der Waals surface area contributed by atoms with E-state index in [-0.39, 0.29) is 17.0 Å². The molecular formula is C27H37FN6O3. The van der Waals surface area contributed by atoms with Gasteiger partial charge in [0.15, 0.2) is 5.82 Å². The van der Waals surface area contributed by atoms with E-state index >= 15 is 0 Å². The van der Waals surface area contributed by atoms with Crippen LogP contribution >= 0.6 is 0 Å². The Balaban J connectivity index is 0.000000182. The molecule has 6 rings (SSSR count). The van der Waals surface area contributed by atoms with E-state index in [0.29, 0.717) is 28.8 Å². The Kier molecular flexibility index (Phi) is 7.46. The molecule has 4 aliphatic rings.